The fourth-order valence-corrected chi connectivity index (χ4v) is 4.79. The molecule has 0 radical (unpaired) electrons. The molecule has 41 heavy (non-hydrogen) atoms. The standard InChI is InChI=1S/C37H67NO3/c1-3-5-7-9-11-13-15-17-18-19-21-23-25-27-29-31-33-37(41)38-35(34-39)36(40)32-30-28-26-24-22-20-16-14-12-10-8-6-4-2/h12,14,18-19,22,24,30,32,35-36,39-40H,3-11,13,15-17,20-21,23,25-29,31,33-34H2,1-2H3,(H,38,41)/b14-12+,19-18-,24-22+,32-30+. The van der Waals surface area contributed by atoms with Gasteiger partial charge in [0.2, 0.25) is 5.91 Å². The lowest BCUT2D eigenvalue weighted by molar-refractivity contribution is -0.123. The topological polar surface area (TPSA) is 69.6 Å². The third kappa shape index (κ3) is 29.6. The molecule has 0 rings (SSSR count). The van der Waals surface area contributed by atoms with Crippen LogP contribution in [0.3, 0.4) is 0 Å². The van der Waals surface area contributed by atoms with Gasteiger partial charge in [-0.15, -0.1) is 0 Å². The summed E-state index contributed by atoms with van der Waals surface area (Å²) in [5.41, 5.74) is 0. The summed E-state index contributed by atoms with van der Waals surface area (Å²) in [6.45, 7) is 4.23. The van der Waals surface area contributed by atoms with Gasteiger partial charge in [-0.3, -0.25) is 4.79 Å². The third-order valence-corrected chi connectivity index (χ3v) is 7.51. The summed E-state index contributed by atoms with van der Waals surface area (Å²) in [6, 6.07) is -0.647. The molecule has 0 spiro atoms. The van der Waals surface area contributed by atoms with Gasteiger partial charge in [-0.25, -0.2) is 0 Å². The summed E-state index contributed by atoms with van der Waals surface area (Å²) in [6.07, 6.45) is 43.3. The lowest BCUT2D eigenvalue weighted by Gasteiger charge is -2.19. The monoisotopic (exact) mass is 574 g/mol. The van der Waals surface area contributed by atoms with E-state index in [1.165, 1.54) is 89.9 Å². The fourth-order valence-electron chi connectivity index (χ4n) is 4.79. The quantitative estimate of drug-likeness (QED) is 0.0591. The van der Waals surface area contributed by atoms with Crippen molar-refractivity contribution in [3.8, 4) is 0 Å². The second-order valence-electron chi connectivity index (χ2n) is 11.6. The van der Waals surface area contributed by atoms with Gasteiger partial charge in [0.15, 0.2) is 0 Å². The van der Waals surface area contributed by atoms with E-state index in [-0.39, 0.29) is 12.5 Å². The smallest absolute Gasteiger partial charge is 0.220 e. The molecule has 0 saturated heterocycles. The second kappa shape index (κ2) is 32.9. The highest BCUT2D eigenvalue weighted by molar-refractivity contribution is 5.76. The predicted octanol–water partition coefficient (Wildman–Crippen LogP) is 10.1. The number of carbonyl (C=O) groups excluding carboxylic acids is 1. The Labute approximate surface area is 254 Å². The SMILES string of the molecule is CCCCC/C=C/CC/C=C/CC/C=C/C(O)C(CO)NC(=O)CCCCCCC/C=C\CCCCCCCCC. The first-order valence-electron chi connectivity index (χ1n) is 17.4. The van der Waals surface area contributed by atoms with E-state index in [1.807, 2.05) is 6.08 Å². The highest BCUT2D eigenvalue weighted by Gasteiger charge is 2.17. The maximum Gasteiger partial charge on any atom is 0.220 e. The molecule has 2 unspecified atom stereocenters. The van der Waals surface area contributed by atoms with Crippen molar-refractivity contribution >= 4 is 5.91 Å². The van der Waals surface area contributed by atoms with Crippen LogP contribution in [0.1, 0.15) is 162 Å². The summed E-state index contributed by atoms with van der Waals surface area (Å²) in [5, 5.41) is 22.8. The molecule has 1 amide bonds. The van der Waals surface area contributed by atoms with Crippen molar-refractivity contribution < 1.29 is 15.0 Å². The van der Waals surface area contributed by atoms with Crippen LogP contribution in [0, 0.1) is 0 Å². The molecule has 0 saturated carbocycles. The molecule has 238 valence electrons. The normalized spacial score (nSPS) is 13.8. The van der Waals surface area contributed by atoms with E-state index >= 15 is 0 Å². The number of amides is 1. The Morgan fingerprint density at radius 3 is 1.46 bits per heavy atom. The van der Waals surface area contributed by atoms with Crippen LogP contribution in [-0.2, 0) is 4.79 Å². The number of aliphatic hydroxyl groups is 2. The second-order valence-corrected chi connectivity index (χ2v) is 11.6. The Bertz CT molecular complexity index is 667. The number of rotatable bonds is 30. The number of carbonyl (C=O) groups is 1. The lowest BCUT2D eigenvalue weighted by atomic mass is 10.1. The Kier molecular flexibility index (Phi) is 31.5. The van der Waals surface area contributed by atoms with Gasteiger partial charge >= 0.3 is 0 Å². The van der Waals surface area contributed by atoms with Crippen LogP contribution in [0.25, 0.3) is 0 Å². The van der Waals surface area contributed by atoms with Gasteiger partial charge in [0, 0.05) is 6.42 Å². The van der Waals surface area contributed by atoms with Crippen LogP contribution in [0.5, 0.6) is 0 Å². The summed E-state index contributed by atoms with van der Waals surface area (Å²) in [7, 11) is 0. The van der Waals surface area contributed by atoms with E-state index in [1.54, 1.807) is 6.08 Å². The van der Waals surface area contributed by atoms with Crippen LogP contribution >= 0.6 is 0 Å². The molecular weight excluding hydrogens is 506 g/mol. The summed E-state index contributed by atoms with van der Waals surface area (Å²) in [5.74, 6) is -0.0906. The minimum Gasteiger partial charge on any atom is -0.394 e. The summed E-state index contributed by atoms with van der Waals surface area (Å²) in [4.78, 5) is 12.3. The van der Waals surface area contributed by atoms with Crippen molar-refractivity contribution in [1.29, 1.82) is 0 Å². The van der Waals surface area contributed by atoms with Gasteiger partial charge in [0.05, 0.1) is 18.8 Å². The van der Waals surface area contributed by atoms with Crippen molar-refractivity contribution in [2.45, 2.75) is 174 Å². The molecule has 3 N–H and O–H groups in total. The Morgan fingerprint density at radius 1 is 0.561 bits per heavy atom. The Balaban J connectivity index is 3.73. The van der Waals surface area contributed by atoms with E-state index in [0.717, 1.165) is 51.4 Å². The average molecular weight is 574 g/mol. The molecular formula is C37H67NO3. The molecule has 0 heterocycles. The van der Waals surface area contributed by atoms with E-state index in [2.05, 4.69) is 55.6 Å². The molecule has 0 aliphatic carbocycles. The number of nitrogens with one attached hydrogen (secondary N) is 1. The zero-order valence-electron chi connectivity index (χ0n) is 27.0. The first-order chi connectivity index (χ1) is 20.2. The van der Waals surface area contributed by atoms with Gasteiger partial charge < -0.3 is 15.5 Å². The Morgan fingerprint density at radius 2 is 0.951 bits per heavy atom. The van der Waals surface area contributed by atoms with Gasteiger partial charge in [0.1, 0.15) is 0 Å². The highest BCUT2D eigenvalue weighted by Crippen LogP contribution is 2.11. The molecule has 4 nitrogen and oxygen atoms in total. The predicted molar refractivity (Wildman–Crippen MR) is 179 cm³/mol. The Hall–Kier alpha value is -1.65. The first kappa shape index (κ1) is 39.4. The minimum absolute atomic E-state index is 0.0906. The van der Waals surface area contributed by atoms with E-state index in [0.29, 0.717) is 6.42 Å². The maximum absolute atomic E-state index is 12.3. The van der Waals surface area contributed by atoms with Crippen molar-refractivity contribution in [2.75, 3.05) is 6.61 Å². The molecule has 0 fully saturated rings. The lowest BCUT2D eigenvalue weighted by Crippen LogP contribution is -2.45. The number of aliphatic hydroxyl groups excluding tert-OH is 2. The van der Waals surface area contributed by atoms with Gasteiger partial charge in [-0.1, -0.05) is 133 Å². The van der Waals surface area contributed by atoms with E-state index in [9.17, 15) is 15.0 Å². The molecule has 0 aliphatic heterocycles. The van der Waals surface area contributed by atoms with Gasteiger partial charge in [-0.2, -0.15) is 0 Å². The zero-order valence-corrected chi connectivity index (χ0v) is 27.0. The number of unbranched alkanes of at least 4 members (excludes halogenated alkanes) is 17. The van der Waals surface area contributed by atoms with Crippen molar-refractivity contribution in [1.82, 2.24) is 5.32 Å². The number of hydrogen-bond acceptors (Lipinski definition) is 3. The molecule has 4 heteroatoms. The van der Waals surface area contributed by atoms with E-state index in [4.69, 9.17) is 0 Å². The number of hydrogen-bond donors (Lipinski definition) is 3. The molecule has 2 atom stereocenters. The minimum atomic E-state index is -0.871. The number of allylic oxidation sites excluding steroid dienone is 7. The van der Waals surface area contributed by atoms with Crippen LogP contribution in [0.4, 0.5) is 0 Å². The maximum atomic E-state index is 12.3. The molecule has 0 aliphatic rings. The highest BCUT2D eigenvalue weighted by atomic mass is 16.3. The average Bonchev–Trinajstić information content (AvgIpc) is 2.97. The third-order valence-electron chi connectivity index (χ3n) is 7.51. The largest absolute Gasteiger partial charge is 0.394 e. The molecule has 0 aromatic carbocycles. The first-order valence-corrected chi connectivity index (χ1v) is 17.4. The van der Waals surface area contributed by atoms with Crippen LogP contribution < -0.4 is 5.32 Å². The van der Waals surface area contributed by atoms with Gasteiger partial charge in [-0.05, 0) is 70.6 Å². The van der Waals surface area contributed by atoms with E-state index < -0.39 is 12.1 Å². The summed E-state index contributed by atoms with van der Waals surface area (Å²) < 4.78 is 0. The zero-order chi connectivity index (χ0) is 30.1. The van der Waals surface area contributed by atoms with Crippen LogP contribution in [-0.4, -0.2) is 34.9 Å². The van der Waals surface area contributed by atoms with Crippen molar-refractivity contribution in [3.63, 3.8) is 0 Å². The molecule has 0 bridgehead atoms. The molecule has 0 aromatic rings. The fraction of sp³-hybridized carbons (Fsp3) is 0.757. The van der Waals surface area contributed by atoms with Crippen LogP contribution in [0.2, 0.25) is 0 Å². The van der Waals surface area contributed by atoms with Crippen molar-refractivity contribution in [2.24, 2.45) is 0 Å². The van der Waals surface area contributed by atoms with Gasteiger partial charge in [0.25, 0.3) is 0 Å². The van der Waals surface area contributed by atoms with Crippen molar-refractivity contribution in [3.05, 3.63) is 48.6 Å². The molecule has 0 aromatic heterocycles. The summed E-state index contributed by atoms with van der Waals surface area (Å²) >= 11 is 0. The van der Waals surface area contributed by atoms with Crippen LogP contribution in [0.15, 0.2) is 48.6 Å².